The Kier molecular flexibility index (Phi) is 1.90. The summed E-state index contributed by atoms with van der Waals surface area (Å²) in [6.45, 7) is 6.20. The van der Waals surface area contributed by atoms with Gasteiger partial charge in [0, 0.05) is 19.1 Å². The fourth-order valence-corrected chi connectivity index (χ4v) is 2.41. The van der Waals surface area contributed by atoms with Crippen LogP contribution in [0.1, 0.15) is 19.8 Å². The molecule has 2 nitrogen and oxygen atoms in total. The third kappa shape index (κ3) is 1.42. The normalized spacial score (nSPS) is 40.9. The molecule has 0 saturated carbocycles. The zero-order valence-corrected chi connectivity index (χ0v) is 7.58. The maximum atomic E-state index is 2.63. The quantitative estimate of drug-likeness (QED) is 0.513. The molecule has 0 spiro atoms. The Hall–Kier alpha value is -0.0800. The number of rotatable bonds is 0. The summed E-state index contributed by atoms with van der Waals surface area (Å²) >= 11 is 0. The van der Waals surface area contributed by atoms with Crippen LogP contribution in [0, 0.1) is 5.92 Å². The molecule has 2 atom stereocenters. The smallest absolute Gasteiger partial charge is 0.0507 e. The lowest BCUT2D eigenvalue weighted by Crippen LogP contribution is -2.39. The summed E-state index contributed by atoms with van der Waals surface area (Å²) in [6.07, 6.45) is 2.86. The second-order valence-electron chi connectivity index (χ2n) is 4.29. The second-order valence-corrected chi connectivity index (χ2v) is 4.29. The Balaban J connectivity index is 1.97. The van der Waals surface area contributed by atoms with Crippen molar-refractivity contribution in [3.8, 4) is 0 Å². The van der Waals surface area contributed by atoms with Crippen LogP contribution in [0.4, 0.5) is 0 Å². The fraction of sp³-hybridized carbons (Fsp3) is 1.00. The van der Waals surface area contributed by atoms with E-state index in [1.807, 2.05) is 0 Å². The lowest BCUT2D eigenvalue weighted by atomic mass is 9.96. The maximum Gasteiger partial charge on any atom is 0.0507 e. The second kappa shape index (κ2) is 2.76. The van der Waals surface area contributed by atoms with Gasteiger partial charge >= 0.3 is 0 Å². The van der Waals surface area contributed by atoms with Crippen LogP contribution in [0.25, 0.3) is 0 Å². The van der Waals surface area contributed by atoms with E-state index in [1.54, 1.807) is 0 Å². The van der Waals surface area contributed by atoms with E-state index in [-0.39, 0.29) is 0 Å². The topological polar surface area (TPSA) is 6.48 Å². The summed E-state index contributed by atoms with van der Waals surface area (Å²) in [7, 11) is 2.23. The monoisotopic (exact) mass is 154 g/mol. The molecule has 0 aromatic rings. The van der Waals surface area contributed by atoms with Gasteiger partial charge in [-0.2, -0.15) is 0 Å². The molecule has 0 aliphatic carbocycles. The predicted molar refractivity (Wildman–Crippen MR) is 46.4 cm³/mol. The predicted octanol–water partition coefficient (Wildman–Crippen LogP) is 0.990. The van der Waals surface area contributed by atoms with Crippen molar-refractivity contribution in [2.24, 2.45) is 5.92 Å². The Labute approximate surface area is 69.2 Å². The molecule has 11 heavy (non-hydrogen) atoms. The third-order valence-electron chi connectivity index (χ3n) is 3.00. The van der Waals surface area contributed by atoms with Crippen molar-refractivity contribution in [1.29, 1.82) is 0 Å². The first-order valence-corrected chi connectivity index (χ1v) is 4.68. The van der Waals surface area contributed by atoms with Gasteiger partial charge in [0.05, 0.1) is 6.67 Å². The van der Waals surface area contributed by atoms with Crippen LogP contribution in [-0.4, -0.2) is 42.6 Å². The lowest BCUT2D eigenvalue weighted by molar-refractivity contribution is 0.152. The average Bonchev–Trinajstić information content (AvgIpc) is 2.27. The van der Waals surface area contributed by atoms with Crippen LogP contribution < -0.4 is 0 Å². The van der Waals surface area contributed by atoms with Gasteiger partial charge < -0.3 is 0 Å². The maximum absolute atomic E-state index is 2.63. The van der Waals surface area contributed by atoms with Gasteiger partial charge in [-0.05, 0) is 25.8 Å². The van der Waals surface area contributed by atoms with E-state index in [9.17, 15) is 0 Å². The molecule has 2 aliphatic rings. The number of hydrogen-bond donors (Lipinski definition) is 0. The van der Waals surface area contributed by atoms with Crippen molar-refractivity contribution < 1.29 is 0 Å². The van der Waals surface area contributed by atoms with Crippen LogP contribution in [0.2, 0.25) is 0 Å². The number of nitrogens with zero attached hydrogens (tertiary/aromatic N) is 2. The number of likely N-dealkylation sites (N-methyl/N-ethyl adjacent to an activating group) is 1. The number of fused-ring (bicyclic) bond motifs is 1. The molecule has 0 amide bonds. The van der Waals surface area contributed by atoms with Gasteiger partial charge in [-0.15, -0.1) is 0 Å². The Morgan fingerprint density at radius 1 is 1.18 bits per heavy atom. The van der Waals surface area contributed by atoms with Crippen LogP contribution in [0.3, 0.4) is 0 Å². The van der Waals surface area contributed by atoms with Crippen molar-refractivity contribution >= 4 is 0 Å². The molecule has 0 aromatic heterocycles. The summed E-state index contributed by atoms with van der Waals surface area (Å²) in [5.74, 6) is 0.928. The third-order valence-corrected chi connectivity index (χ3v) is 3.00. The van der Waals surface area contributed by atoms with E-state index >= 15 is 0 Å². The van der Waals surface area contributed by atoms with Gasteiger partial charge in [-0.25, -0.2) is 0 Å². The average molecular weight is 154 g/mol. The minimum absolute atomic E-state index is 0.885. The highest BCUT2D eigenvalue weighted by molar-refractivity contribution is 4.86. The molecule has 2 aliphatic heterocycles. The first kappa shape index (κ1) is 7.56. The SMILES string of the molecule is CC1CCC2CN(C)CN2C1. The van der Waals surface area contributed by atoms with Crippen molar-refractivity contribution in [3.05, 3.63) is 0 Å². The molecule has 2 heterocycles. The van der Waals surface area contributed by atoms with Gasteiger partial charge in [0.25, 0.3) is 0 Å². The Morgan fingerprint density at radius 3 is 2.82 bits per heavy atom. The highest BCUT2D eigenvalue weighted by atomic mass is 15.4. The molecular weight excluding hydrogens is 136 g/mol. The molecule has 2 unspecified atom stereocenters. The molecule has 0 aromatic carbocycles. The van der Waals surface area contributed by atoms with Gasteiger partial charge in [-0.1, -0.05) is 6.92 Å². The minimum Gasteiger partial charge on any atom is -0.292 e. The first-order chi connectivity index (χ1) is 5.25. The highest BCUT2D eigenvalue weighted by Gasteiger charge is 2.32. The van der Waals surface area contributed by atoms with Gasteiger partial charge in [0.1, 0.15) is 0 Å². The number of hydrogen-bond acceptors (Lipinski definition) is 2. The first-order valence-electron chi connectivity index (χ1n) is 4.68. The van der Waals surface area contributed by atoms with Crippen LogP contribution in [0.15, 0.2) is 0 Å². The van der Waals surface area contributed by atoms with Gasteiger partial charge in [0.2, 0.25) is 0 Å². The van der Waals surface area contributed by atoms with E-state index in [2.05, 4.69) is 23.8 Å². The zero-order chi connectivity index (χ0) is 7.84. The van der Waals surface area contributed by atoms with Crippen molar-refractivity contribution in [1.82, 2.24) is 9.80 Å². The molecule has 64 valence electrons. The Morgan fingerprint density at radius 2 is 2.00 bits per heavy atom. The summed E-state index contributed by atoms with van der Waals surface area (Å²) in [6, 6.07) is 0.885. The van der Waals surface area contributed by atoms with Crippen molar-refractivity contribution in [2.45, 2.75) is 25.8 Å². The summed E-state index contributed by atoms with van der Waals surface area (Å²) in [4.78, 5) is 5.07. The largest absolute Gasteiger partial charge is 0.292 e. The van der Waals surface area contributed by atoms with E-state index in [0.29, 0.717) is 0 Å². The molecule has 0 N–H and O–H groups in total. The Bertz CT molecular complexity index is 146. The van der Waals surface area contributed by atoms with Crippen LogP contribution >= 0.6 is 0 Å². The van der Waals surface area contributed by atoms with Gasteiger partial charge in [-0.3, -0.25) is 9.80 Å². The molecular formula is C9H18N2. The van der Waals surface area contributed by atoms with Crippen molar-refractivity contribution in [2.75, 3.05) is 26.8 Å². The minimum atomic E-state index is 0.885. The fourth-order valence-electron chi connectivity index (χ4n) is 2.41. The van der Waals surface area contributed by atoms with E-state index in [4.69, 9.17) is 0 Å². The van der Waals surface area contributed by atoms with E-state index in [1.165, 1.54) is 32.6 Å². The van der Waals surface area contributed by atoms with Crippen molar-refractivity contribution in [3.63, 3.8) is 0 Å². The summed E-state index contributed by atoms with van der Waals surface area (Å²) in [5.41, 5.74) is 0. The highest BCUT2D eigenvalue weighted by Crippen LogP contribution is 2.25. The zero-order valence-electron chi connectivity index (χ0n) is 7.58. The van der Waals surface area contributed by atoms with E-state index in [0.717, 1.165) is 12.0 Å². The lowest BCUT2D eigenvalue weighted by Gasteiger charge is -2.32. The summed E-state index contributed by atoms with van der Waals surface area (Å²) < 4.78 is 0. The van der Waals surface area contributed by atoms with Crippen LogP contribution in [0.5, 0.6) is 0 Å². The summed E-state index contributed by atoms with van der Waals surface area (Å²) in [5, 5.41) is 0. The molecule has 0 bridgehead atoms. The molecule has 2 heteroatoms. The molecule has 2 fully saturated rings. The molecule has 2 rings (SSSR count). The molecule has 0 radical (unpaired) electrons. The molecule has 2 saturated heterocycles. The van der Waals surface area contributed by atoms with Gasteiger partial charge in [0.15, 0.2) is 0 Å². The van der Waals surface area contributed by atoms with Crippen LogP contribution in [-0.2, 0) is 0 Å². The number of piperidine rings is 1. The standard InChI is InChI=1S/C9H18N2/c1-8-3-4-9-6-10(2)7-11(9)5-8/h8-9H,3-7H2,1-2H3. The van der Waals surface area contributed by atoms with E-state index < -0.39 is 0 Å².